The fourth-order valence-corrected chi connectivity index (χ4v) is 4.54. The first-order valence-electron chi connectivity index (χ1n) is 11.9. The van der Waals surface area contributed by atoms with E-state index >= 15 is 0 Å². The molecular weight excluding hydrogens is 442 g/mol. The first-order chi connectivity index (χ1) is 16.9. The number of pyridine rings is 1. The molecule has 0 unspecified atom stereocenters. The van der Waals surface area contributed by atoms with Crippen molar-refractivity contribution in [3.8, 4) is 11.3 Å². The topological polar surface area (TPSA) is 105 Å². The van der Waals surface area contributed by atoms with Crippen LogP contribution >= 0.6 is 0 Å². The molecule has 0 bridgehead atoms. The number of nitrogens with zero attached hydrogens (tertiary/aromatic N) is 3. The lowest BCUT2D eigenvalue weighted by molar-refractivity contribution is 0.0560. The second-order valence-electron chi connectivity index (χ2n) is 8.95. The van der Waals surface area contributed by atoms with Crippen molar-refractivity contribution in [2.45, 2.75) is 20.3 Å². The highest BCUT2D eigenvalue weighted by Gasteiger charge is 2.26. The Balaban J connectivity index is 1.38. The number of aromatic amines is 1. The van der Waals surface area contributed by atoms with Crippen molar-refractivity contribution in [1.29, 1.82) is 0 Å². The van der Waals surface area contributed by atoms with Crippen LogP contribution in [-0.4, -0.2) is 64.6 Å². The van der Waals surface area contributed by atoms with Crippen LogP contribution in [0.3, 0.4) is 0 Å². The Kier molecular flexibility index (Phi) is 6.03. The fraction of sp³-hybridized carbons (Fsp3) is 0.296. The molecule has 8 nitrogen and oxygen atoms in total. The van der Waals surface area contributed by atoms with E-state index in [1.54, 1.807) is 16.0 Å². The van der Waals surface area contributed by atoms with E-state index in [2.05, 4.69) is 18.0 Å². The number of fused-ring (bicyclic) bond motifs is 2. The molecule has 0 saturated carbocycles. The molecule has 1 fully saturated rings. The molecule has 0 radical (unpaired) electrons. The molecule has 2 aromatic carbocycles. The van der Waals surface area contributed by atoms with Crippen molar-refractivity contribution in [2.75, 3.05) is 38.5 Å². The third-order valence-corrected chi connectivity index (χ3v) is 6.53. The number of piperazine rings is 1. The number of aryl methyl sites for hydroxylation is 1. The molecule has 1 saturated heterocycles. The molecule has 180 valence electrons. The minimum atomic E-state index is -0.309. The number of hydrogen-bond donors (Lipinski definition) is 2. The number of rotatable bonds is 4. The van der Waals surface area contributed by atoms with Gasteiger partial charge in [0.25, 0.3) is 5.91 Å². The molecule has 2 amide bonds. The Morgan fingerprint density at radius 3 is 2.57 bits per heavy atom. The van der Waals surface area contributed by atoms with Gasteiger partial charge < -0.3 is 25.3 Å². The van der Waals surface area contributed by atoms with E-state index in [-0.39, 0.29) is 12.0 Å². The van der Waals surface area contributed by atoms with Crippen molar-refractivity contribution in [2.24, 2.45) is 0 Å². The number of hydrogen-bond acceptors (Lipinski definition) is 5. The molecule has 5 rings (SSSR count). The molecule has 3 heterocycles. The monoisotopic (exact) mass is 471 g/mol. The molecule has 1 aliphatic heterocycles. The van der Waals surface area contributed by atoms with E-state index in [4.69, 9.17) is 15.5 Å². The van der Waals surface area contributed by atoms with Crippen LogP contribution in [0, 0.1) is 6.92 Å². The molecule has 8 heteroatoms. The summed E-state index contributed by atoms with van der Waals surface area (Å²) in [5.74, 6) is -0.0557. The van der Waals surface area contributed by atoms with E-state index in [9.17, 15) is 9.59 Å². The summed E-state index contributed by atoms with van der Waals surface area (Å²) in [6.45, 7) is 6.31. The van der Waals surface area contributed by atoms with Crippen molar-refractivity contribution < 1.29 is 14.3 Å². The van der Waals surface area contributed by atoms with Gasteiger partial charge in [-0.25, -0.2) is 9.78 Å². The molecular formula is C27H29N5O3. The summed E-state index contributed by atoms with van der Waals surface area (Å²) in [5, 5.41) is 1.97. The number of ether oxygens (including phenoxy) is 1. The number of carbonyl (C=O) groups excluding carboxylic acids is 2. The molecule has 3 N–H and O–H groups in total. The highest BCUT2D eigenvalue weighted by atomic mass is 16.6. The maximum Gasteiger partial charge on any atom is 0.409 e. The number of nitrogen functional groups attached to an aromatic ring is 1. The van der Waals surface area contributed by atoms with Crippen LogP contribution in [-0.2, 0) is 4.74 Å². The van der Waals surface area contributed by atoms with E-state index < -0.39 is 0 Å². The highest BCUT2D eigenvalue weighted by Crippen LogP contribution is 2.29. The number of aromatic nitrogens is 2. The zero-order valence-corrected chi connectivity index (χ0v) is 20.0. The minimum absolute atomic E-state index is 0.0557. The third kappa shape index (κ3) is 4.39. The van der Waals surface area contributed by atoms with Crippen molar-refractivity contribution in [3.63, 3.8) is 0 Å². The normalized spacial score (nSPS) is 14.0. The van der Waals surface area contributed by atoms with Gasteiger partial charge >= 0.3 is 6.09 Å². The summed E-state index contributed by atoms with van der Waals surface area (Å²) in [4.78, 5) is 36.8. The van der Waals surface area contributed by atoms with Crippen LogP contribution in [0.15, 0.2) is 48.7 Å². The summed E-state index contributed by atoms with van der Waals surface area (Å²) in [6.07, 6.45) is 2.27. The standard InChI is InChI=1S/C27H29N5O3/c1-3-12-35-27(34)32-10-8-31(9-11-32)26(33)19-4-6-20-17(2)13-24(30-25(20)15-19)18-5-7-23-21(14-18)22(28)16-29-23/h4-7,13-16,29H,3,8-12,28H2,1-2H3. The number of carbonyl (C=O) groups is 2. The van der Waals surface area contributed by atoms with Gasteiger partial charge in [0.2, 0.25) is 0 Å². The smallest absolute Gasteiger partial charge is 0.409 e. The van der Waals surface area contributed by atoms with Crippen LogP contribution in [0.5, 0.6) is 0 Å². The first-order valence-corrected chi connectivity index (χ1v) is 11.9. The number of nitrogens with one attached hydrogen (secondary N) is 1. The summed E-state index contributed by atoms with van der Waals surface area (Å²) in [7, 11) is 0. The van der Waals surface area contributed by atoms with Gasteiger partial charge in [0, 0.05) is 59.8 Å². The fourth-order valence-electron chi connectivity index (χ4n) is 4.54. The van der Waals surface area contributed by atoms with Crippen LogP contribution in [0.1, 0.15) is 29.3 Å². The average Bonchev–Trinajstić information content (AvgIpc) is 3.26. The maximum atomic E-state index is 13.2. The quantitative estimate of drug-likeness (QED) is 0.453. The van der Waals surface area contributed by atoms with Gasteiger partial charge in [0.05, 0.1) is 23.5 Å². The summed E-state index contributed by atoms with van der Waals surface area (Å²) in [5.41, 5.74) is 12.0. The number of nitrogens with two attached hydrogens (primary N) is 1. The molecule has 0 spiro atoms. The highest BCUT2D eigenvalue weighted by molar-refractivity contribution is 5.99. The summed E-state index contributed by atoms with van der Waals surface area (Å²) in [6, 6.07) is 13.8. The van der Waals surface area contributed by atoms with E-state index in [1.165, 1.54) is 0 Å². The van der Waals surface area contributed by atoms with Crippen molar-refractivity contribution >= 4 is 39.5 Å². The molecule has 1 aliphatic rings. The molecule has 0 aliphatic carbocycles. The number of benzene rings is 2. The Hall–Kier alpha value is -4.07. The van der Waals surface area contributed by atoms with E-state index in [0.717, 1.165) is 45.0 Å². The van der Waals surface area contributed by atoms with Gasteiger partial charge in [0.1, 0.15) is 0 Å². The van der Waals surface area contributed by atoms with Crippen LogP contribution in [0.2, 0.25) is 0 Å². The zero-order chi connectivity index (χ0) is 24.5. The zero-order valence-electron chi connectivity index (χ0n) is 20.0. The van der Waals surface area contributed by atoms with Crippen LogP contribution < -0.4 is 5.73 Å². The van der Waals surface area contributed by atoms with Gasteiger partial charge in [-0.1, -0.05) is 19.1 Å². The Labute approximate surface area is 203 Å². The molecule has 4 aromatic rings. The lowest BCUT2D eigenvalue weighted by atomic mass is 10.0. The Morgan fingerprint density at radius 1 is 1.03 bits per heavy atom. The average molecular weight is 472 g/mol. The minimum Gasteiger partial charge on any atom is -0.449 e. The van der Waals surface area contributed by atoms with Gasteiger partial charge in [-0.3, -0.25) is 4.79 Å². The number of amides is 2. The molecule has 2 aromatic heterocycles. The van der Waals surface area contributed by atoms with Crippen molar-refractivity contribution in [1.82, 2.24) is 19.8 Å². The SMILES string of the molecule is CCCOC(=O)N1CCN(C(=O)c2ccc3c(C)cc(-c4ccc5[nH]cc(N)c5c4)nc3c2)CC1. The van der Waals surface area contributed by atoms with Gasteiger partial charge in [-0.2, -0.15) is 0 Å². The Bertz CT molecular complexity index is 1420. The largest absolute Gasteiger partial charge is 0.449 e. The van der Waals surface area contributed by atoms with Gasteiger partial charge in [-0.15, -0.1) is 0 Å². The predicted molar refractivity (Wildman–Crippen MR) is 137 cm³/mol. The lowest BCUT2D eigenvalue weighted by Gasteiger charge is -2.34. The predicted octanol–water partition coefficient (Wildman–Crippen LogP) is 4.58. The molecule has 35 heavy (non-hydrogen) atoms. The van der Waals surface area contributed by atoms with E-state index in [0.29, 0.717) is 44.0 Å². The van der Waals surface area contributed by atoms with Gasteiger partial charge in [-0.05, 0) is 49.2 Å². The van der Waals surface area contributed by atoms with Crippen LogP contribution in [0.4, 0.5) is 10.5 Å². The third-order valence-electron chi connectivity index (χ3n) is 6.53. The second kappa shape index (κ2) is 9.29. The maximum absolute atomic E-state index is 13.2. The van der Waals surface area contributed by atoms with Crippen LogP contribution in [0.25, 0.3) is 33.1 Å². The number of anilines is 1. The summed E-state index contributed by atoms with van der Waals surface area (Å²) >= 11 is 0. The van der Waals surface area contributed by atoms with Crippen molar-refractivity contribution in [3.05, 3.63) is 59.8 Å². The summed E-state index contributed by atoms with van der Waals surface area (Å²) < 4.78 is 5.21. The molecule has 0 atom stereocenters. The number of H-pyrrole nitrogens is 1. The lowest BCUT2D eigenvalue weighted by Crippen LogP contribution is -2.50. The van der Waals surface area contributed by atoms with Gasteiger partial charge in [0.15, 0.2) is 0 Å². The Morgan fingerprint density at radius 2 is 1.80 bits per heavy atom. The second-order valence-corrected chi connectivity index (χ2v) is 8.95. The van der Waals surface area contributed by atoms with E-state index in [1.807, 2.05) is 43.3 Å². The first kappa shape index (κ1) is 22.7.